The highest BCUT2D eigenvalue weighted by Crippen LogP contribution is 2.24. The van der Waals surface area contributed by atoms with E-state index in [0.717, 1.165) is 18.7 Å². The SMILES string of the molecule is CCC(=O)N1CCN(C)C(c2ccc(F)cc2)C1. The van der Waals surface area contributed by atoms with Crippen LogP contribution in [-0.4, -0.2) is 42.4 Å². The lowest BCUT2D eigenvalue weighted by Gasteiger charge is -2.39. The van der Waals surface area contributed by atoms with Crippen molar-refractivity contribution < 1.29 is 9.18 Å². The summed E-state index contributed by atoms with van der Waals surface area (Å²) >= 11 is 0. The lowest BCUT2D eigenvalue weighted by molar-refractivity contribution is -0.133. The number of carbonyl (C=O) groups is 1. The summed E-state index contributed by atoms with van der Waals surface area (Å²) in [4.78, 5) is 15.9. The van der Waals surface area contributed by atoms with Crippen LogP contribution in [-0.2, 0) is 4.79 Å². The first-order valence-electron chi connectivity index (χ1n) is 6.35. The summed E-state index contributed by atoms with van der Waals surface area (Å²) in [6.45, 7) is 4.21. The zero-order valence-electron chi connectivity index (χ0n) is 10.9. The smallest absolute Gasteiger partial charge is 0.222 e. The number of amides is 1. The van der Waals surface area contributed by atoms with Crippen LogP contribution in [0, 0.1) is 5.82 Å². The predicted octanol–water partition coefficient (Wildman–Crippen LogP) is 2.05. The van der Waals surface area contributed by atoms with Gasteiger partial charge in [-0.2, -0.15) is 0 Å². The Morgan fingerprint density at radius 2 is 2.00 bits per heavy atom. The molecular formula is C14H19FN2O. The monoisotopic (exact) mass is 250 g/mol. The van der Waals surface area contributed by atoms with E-state index in [1.807, 2.05) is 18.9 Å². The van der Waals surface area contributed by atoms with Crippen LogP contribution in [0.25, 0.3) is 0 Å². The fraction of sp³-hybridized carbons (Fsp3) is 0.500. The maximum Gasteiger partial charge on any atom is 0.222 e. The summed E-state index contributed by atoms with van der Waals surface area (Å²) in [7, 11) is 2.04. The molecule has 1 atom stereocenters. The van der Waals surface area contributed by atoms with E-state index in [1.165, 1.54) is 12.1 Å². The van der Waals surface area contributed by atoms with Crippen molar-refractivity contribution >= 4 is 5.91 Å². The second-order valence-corrected chi connectivity index (χ2v) is 4.74. The number of benzene rings is 1. The van der Waals surface area contributed by atoms with E-state index in [0.29, 0.717) is 13.0 Å². The number of carbonyl (C=O) groups excluding carboxylic acids is 1. The zero-order chi connectivity index (χ0) is 13.1. The van der Waals surface area contributed by atoms with Crippen LogP contribution < -0.4 is 0 Å². The fourth-order valence-corrected chi connectivity index (χ4v) is 2.37. The molecule has 0 bridgehead atoms. The van der Waals surface area contributed by atoms with Crippen molar-refractivity contribution in [3.05, 3.63) is 35.6 Å². The molecule has 0 aromatic heterocycles. The Bertz CT molecular complexity index is 418. The Kier molecular flexibility index (Phi) is 3.97. The third kappa shape index (κ3) is 2.70. The normalized spacial score (nSPS) is 21.1. The average Bonchev–Trinajstić information content (AvgIpc) is 2.39. The summed E-state index contributed by atoms with van der Waals surface area (Å²) in [5.41, 5.74) is 1.06. The molecule has 98 valence electrons. The van der Waals surface area contributed by atoms with Crippen LogP contribution in [0.15, 0.2) is 24.3 Å². The van der Waals surface area contributed by atoms with Gasteiger partial charge in [0.05, 0.1) is 6.04 Å². The summed E-state index contributed by atoms with van der Waals surface area (Å²) in [6.07, 6.45) is 0.542. The summed E-state index contributed by atoms with van der Waals surface area (Å²) in [5.74, 6) is -0.0334. The van der Waals surface area contributed by atoms with Gasteiger partial charge in [-0.25, -0.2) is 4.39 Å². The van der Waals surface area contributed by atoms with E-state index < -0.39 is 0 Å². The van der Waals surface area contributed by atoms with Gasteiger partial charge in [-0.15, -0.1) is 0 Å². The molecule has 0 N–H and O–H groups in total. The van der Waals surface area contributed by atoms with Gasteiger partial charge in [0.15, 0.2) is 0 Å². The van der Waals surface area contributed by atoms with E-state index in [4.69, 9.17) is 0 Å². The molecule has 3 nitrogen and oxygen atoms in total. The van der Waals surface area contributed by atoms with Crippen LogP contribution in [0.2, 0.25) is 0 Å². The van der Waals surface area contributed by atoms with Crippen molar-refractivity contribution in [2.75, 3.05) is 26.7 Å². The molecule has 1 saturated heterocycles. The van der Waals surface area contributed by atoms with E-state index in [-0.39, 0.29) is 17.8 Å². The van der Waals surface area contributed by atoms with Crippen LogP contribution in [0.5, 0.6) is 0 Å². The lowest BCUT2D eigenvalue weighted by atomic mass is 10.0. The molecule has 1 aliphatic rings. The first kappa shape index (κ1) is 13.0. The van der Waals surface area contributed by atoms with Gasteiger partial charge in [0.2, 0.25) is 5.91 Å². The van der Waals surface area contributed by atoms with Crippen LogP contribution in [0.3, 0.4) is 0 Å². The maximum atomic E-state index is 12.9. The second-order valence-electron chi connectivity index (χ2n) is 4.74. The summed E-state index contributed by atoms with van der Waals surface area (Å²) in [5, 5.41) is 0. The Balaban J connectivity index is 2.14. The highest BCUT2D eigenvalue weighted by molar-refractivity contribution is 5.76. The Morgan fingerprint density at radius 3 is 2.61 bits per heavy atom. The summed E-state index contributed by atoms with van der Waals surface area (Å²) < 4.78 is 12.9. The molecular weight excluding hydrogens is 231 g/mol. The van der Waals surface area contributed by atoms with Gasteiger partial charge in [-0.05, 0) is 24.7 Å². The van der Waals surface area contributed by atoms with Gasteiger partial charge < -0.3 is 4.90 Å². The van der Waals surface area contributed by atoms with Gasteiger partial charge in [0.1, 0.15) is 5.82 Å². The number of likely N-dealkylation sites (N-methyl/N-ethyl adjacent to an activating group) is 1. The fourth-order valence-electron chi connectivity index (χ4n) is 2.37. The minimum absolute atomic E-state index is 0.162. The van der Waals surface area contributed by atoms with E-state index in [1.54, 1.807) is 12.1 Å². The number of hydrogen-bond donors (Lipinski definition) is 0. The largest absolute Gasteiger partial charge is 0.340 e. The molecule has 0 spiro atoms. The first-order valence-corrected chi connectivity index (χ1v) is 6.35. The van der Waals surface area contributed by atoms with Crippen molar-refractivity contribution in [3.63, 3.8) is 0 Å². The van der Waals surface area contributed by atoms with E-state index in [2.05, 4.69) is 4.90 Å². The standard InChI is InChI=1S/C14H19FN2O/c1-3-14(18)17-9-8-16(2)13(10-17)11-4-6-12(15)7-5-11/h4-7,13H,3,8-10H2,1-2H3. The Hall–Kier alpha value is -1.42. The number of piperazine rings is 1. The molecule has 1 aliphatic heterocycles. The van der Waals surface area contributed by atoms with Gasteiger partial charge in [-0.3, -0.25) is 9.69 Å². The highest BCUT2D eigenvalue weighted by atomic mass is 19.1. The number of hydrogen-bond acceptors (Lipinski definition) is 2. The molecule has 2 rings (SSSR count). The molecule has 1 unspecified atom stereocenters. The van der Waals surface area contributed by atoms with Crippen molar-refractivity contribution in [1.29, 1.82) is 0 Å². The van der Waals surface area contributed by atoms with Crippen LogP contribution in [0.1, 0.15) is 24.9 Å². The molecule has 1 aromatic carbocycles. The van der Waals surface area contributed by atoms with E-state index >= 15 is 0 Å². The Morgan fingerprint density at radius 1 is 1.33 bits per heavy atom. The molecule has 1 heterocycles. The molecule has 4 heteroatoms. The Labute approximate surface area is 107 Å². The molecule has 0 radical (unpaired) electrons. The van der Waals surface area contributed by atoms with Crippen LogP contribution in [0.4, 0.5) is 4.39 Å². The lowest BCUT2D eigenvalue weighted by Crippen LogP contribution is -2.48. The first-order chi connectivity index (χ1) is 8.61. The molecule has 0 saturated carbocycles. The maximum absolute atomic E-state index is 12.9. The number of nitrogens with zero attached hydrogens (tertiary/aromatic N) is 2. The number of rotatable bonds is 2. The third-order valence-corrected chi connectivity index (χ3v) is 3.56. The molecule has 1 fully saturated rings. The van der Waals surface area contributed by atoms with Crippen molar-refractivity contribution in [2.45, 2.75) is 19.4 Å². The van der Waals surface area contributed by atoms with Gasteiger partial charge in [0, 0.05) is 26.1 Å². The van der Waals surface area contributed by atoms with E-state index in [9.17, 15) is 9.18 Å². The quantitative estimate of drug-likeness (QED) is 0.802. The summed E-state index contributed by atoms with van der Waals surface area (Å²) in [6, 6.07) is 6.72. The van der Waals surface area contributed by atoms with Crippen molar-refractivity contribution in [3.8, 4) is 0 Å². The van der Waals surface area contributed by atoms with Gasteiger partial charge in [0.25, 0.3) is 0 Å². The number of halogens is 1. The topological polar surface area (TPSA) is 23.6 Å². The van der Waals surface area contributed by atoms with Gasteiger partial charge >= 0.3 is 0 Å². The minimum atomic E-state index is -0.223. The molecule has 0 aliphatic carbocycles. The van der Waals surface area contributed by atoms with Crippen molar-refractivity contribution in [1.82, 2.24) is 9.80 Å². The predicted molar refractivity (Wildman–Crippen MR) is 68.6 cm³/mol. The molecule has 1 amide bonds. The van der Waals surface area contributed by atoms with Gasteiger partial charge in [-0.1, -0.05) is 19.1 Å². The van der Waals surface area contributed by atoms with Crippen LogP contribution >= 0.6 is 0 Å². The molecule has 1 aromatic rings. The highest BCUT2D eigenvalue weighted by Gasteiger charge is 2.27. The molecule has 18 heavy (non-hydrogen) atoms. The minimum Gasteiger partial charge on any atom is -0.340 e. The van der Waals surface area contributed by atoms with Crippen molar-refractivity contribution in [2.24, 2.45) is 0 Å². The third-order valence-electron chi connectivity index (χ3n) is 3.56. The average molecular weight is 250 g/mol. The second kappa shape index (κ2) is 5.48. The zero-order valence-corrected chi connectivity index (χ0v) is 10.9.